The molecule has 5 nitrogen and oxygen atoms in total. The normalized spacial score (nSPS) is 10.8. The second-order valence-electron chi connectivity index (χ2n) is 1.54. The summed E-state index contributed by atoms with van der Waals surface area (Å²) in [4.78, 5) is 0. The molecule has 0 atom stereocenters. The molecular formula is C4H8N2O3S. The number of nitriles is 1. The topological polar surface area (TPSA) is 90.2 Å². The second-order valence-corrected chi connectivity index (χ2v) is 3.34. The predicted octanol–water partition coefficient (Wildman–Crippen LogP) is -1.58. The highest BCUT2D eigenvalue weighted by Crippen LogP contribution is 1.79. The fraction of sp³-hybridized carbons (Fsp3) is 0.750. The van der Waals surface area contributed by atoms with Crippen LogP contribution in [0.15, 0.2) is 0 Å². The molecule has 0 bridgehead atoms. The maximum atomic E-state index is 10.5. The van der Waals surface area contributed by atoms with Crippen LogP contribution in [0.2, 0.25) is 0 Å². The third kappa shape index (κ3) is 4.26. The predicted molar refractivity (Wildman–Crippen MR) is 34.5 cm³/mol. The maximum absolute atomic E-state index is 10.5. The van der Waals surface area contributed by atoms with Gasteiger partial charge in [-0.1, -0.05) is 0 Å². The smallest absolute Gasteiger partial charge is 0.225 e. The van der Waals surface area contributed by atoms with E-state index >= 15 is 0 Å². The van der Waals surface area contributed by atoms with Crippen molar-refractivity contribution >= 4 is 10.0 Å². The standard InChI is InChI=1S/C4H8N2O3S/c5-1-4-10(8,9)6-2-3-7/h6-7H,2-4H2. The van der Waals surface area contributed by atoms with E-state index in [1.807, 2.05) is 4.72 Å². The van der Waals surface area contributed by atoms with Crippen molar-refractivity contribution in [3.8, 4) is 6.07 Å². The summed E-state index contributed by atoms with van der Waals surface area (Å²) < 4.78 is 23.1. The number of hydrogen-bond acceptors (Lipinski definition) is 4. The minimum atomic E-state index is -3.46. The Kier molecular flexibility index (Phi) is 3.95. The first kappa shape index (κ1) is 9.36. The molecule has 0 spiro atoms. The van der Waals surface area contributed by atoms with Crippen LogP contribution in [-0.2, 0) is 10.0 Å². The van der Waals surface area contributed by atoms with Gasteiger partial charge in [-0.15, -0.1) is 0 Å². The number of nitrogens with zero attached hydrogens (tertiary/aromatic N) is 1. The highest BCUT2D eigenvalue weighted by molar-refractivity contribution is 7.89. The molecule has 2 N–H and O–H groups in total. The first-order valence-electron chi connectivity index (χ1n) is 2.57. The van der Waals surface area contributed by atoms with Crippen molar-refractivity contribution in [1.82, 2.24) is 4.72 Å². The van der Waals surface area contributed by atoms with Crippen molar-refractivity contribution in [2.24, 2.45) is 0 Å². The van der Waals surface area contributed by atoms with Crippen molar-refractivity contribution < 1.29 is 13.5 Å². The van der Waals surface area contributed by atoms with Crippen LogP contribution in [0.5, 0.6) is 0 Å². The van der Waals surface area contributed by atoms with Crippen LogP contribution in [0.3, 0.4) is 0 Å². The van der Waals surface area contributed by atoms with Crippen molar-refractivity contribution in [2.75, 3.05) is 18.9 Å². The average molecular weight is 164 g/mol. The van der Waals surface area contributed by atoms with Gasteiger partial charge in [-0.25, -0.2) is 13.1 Å². The molecule has 0 rings (SSSR count). The molecule has 0 aliphatic heterocycles. The summed E-state index contributed by atoms with van der Waals surface area (Å²) >= 11 is 0. The van der Waals surface area contributed by atoms with E-state index in [9.17, 15) is 8.42 Å². The maximum Gasteiger partial charge on any atom is 0.225 e. The summed E-state index contributed by atoms with van der Waals surface area (Å²) in [5.74, 6) is -0.562. The Morgan fingerprint density at radius 1 is 1.60 bits per heavy atom. The highest BCUT2D eigenvalue weighted by atomic mass is 32.2. The molecule has 10 heavy (non-hydrogen) atoms. The lowest BCUT2D eigenvalue weighted by Crippen LogP contribution is -2.28. The number of sulfonamides is 1. The molecule has 0 aromatic rings. The number of nitrogens with one attached hydrogen (secondary N) is 1. The van der Waals surface area contributed by atoms with Gasteiger partial charge >= 0.3 is 0 Å². The van der Waals surface area contributed by atoms with Gasteiger partial charge in [0.05, 0.1) is 12.7 Å². The molecule has 0 heterocycles. The number of hydrogen-bond donors (Lipinski definition) is 2. The molecule has 0 aromatic carbocycles. The Morgan fingerprint density at radius 2 is 2.20 bits per heavy atom. The Balaban J connectivity index is 3.80. The van der Waals surface area contributed by atoms with Crippen LogP contribution in [0.4, 0.5) is 0 Å². The van der Waals surface area contributed by atoms with Crippen LogP contribution in [0, 0.1) is 11.3 Å². The second kappa shape index (κ2) is 4.22. The average Bonchev–Trinajstić information content (AvgIpc) is 1.84. The Labute approximate surface area is 59.3 Å². The fourth-order valence-electron chi connectivity index (χ4n) is 0.337. The molecule has 0 unspecified atom stereocenters. The van der Waals surface area contributed by atoms with E-state index in [1.54, 1.807) is 0 Å². The van der Waals surface area contributed by atoms with Crippen molar-refractivity contribution in [3.05, 3.63) is 0 Å². The van der Waals surface area contributed by atoms with E-state index in [0.717, 1.165) is 0 Å². The lowest BCUT2D eigenvalue weighted by molar-refractivity contribution is 0.301. The zero-order valence-corrected chi connectivity index (χ0v) is 6.06. The molecule has 0 fully saturated rings. The Bertz CT molecular complexity index is 215. The lowest BCUT2D eigenvalue weighted by atomic mass is 10.8. The highest BCUT2D eigenvalue weighted by Gasteiger charge is 2.06. The van der Waals surface area contributed by atoms with Crippen LogP contribution in [0.25, 0.3) is 0 Å². The Hall–Kier alpha value is -0.640. The third-order valence-electron chi connectivity index (χ3n) is 0.688. The van der Waals surface area contributed by atoms with E-state index in [0.29, 0.717) is 0 Å². The molecule has 6 heteroatoms. The first-order chi connectivity index (χ1) is 4.62. The third-order valence-corrected chi connectivity index (χ3v) is 1.84. The van der Waals surface area contributed by atoms with Crippen molar-refractivity contribution in [2.45, 2.75) is 0 Å². The fourth-order valence-corrected chi connectivity index (χ4v) is 1.01. The zero-order valence-electron chi connectivity index (χ0n) is 5.24. The van der Waals surface area contributed by atoms with Crippen LogP contribution < -0.4 is 4.72 Å². The molecular weight excluding hydrogens is 156 g/mol. The summed E-state index contributed by atoms with van der Waals surface area (Å²) in [6, 6.07) is 1.48. The minimum Gasteiger partial charge on any atom is -0.395 e. The van der Waals surface area contributed by atoms with E-state index in [2.05, 4.69) is 0 Å². The number of aliphatic hydroxyl groups excluding tert-OH is 1. The Morgan fingerprint density at radius 3 is 2.60 bits per heavy atom. The summed E-state index contributed by atoms with van der Waals surface area (Å²) in [6.45, 7) is -0.297. The SMILES string of the molecule is N#CCS(=O)(=O)NCCO. The summed E-state index contributed by atoms with van der Waals surface area (Å²) in [5, 5.41) is 16.2. The molecule has 0 saturated heterocycles. The number of aliphatic hydroxyl groups is 1. The van der Waals surface area contributed by atoms with E-state index in [4.69, 9.17) is 10.4 Å². The van der Waals surface area contributed by atoms with Gasteiger partial charge in [0.15, 0.2) is 5.75 Å². The largest absolute Gasteiger partial charge is 0.395 e. The van der Waals surface area contributed by atoms with Gasteiger partial charge in [-0.05, 0) is 0 Å². The van der Waals surface area contributed by atoms with Gasteiger partial charge in [0, 0.05) is 6.54 Å². The molecule has 0 radical (unpaired) electrons. The van der Waals surface area contributed by atoms with Gasteiger partial charge in [0.1, 0.15) is 0 Å². The van der Waals surface area contributed by atoms with E-state index < -0.39 is 15.8 Å². The molecule has 58 valence electrons. The van der Waals surface area contributed by atoms with Crippen LogP contribution in [0.1, 0.15) is 0 Å². The van der Waals surface area contributed by atoms with Gasteiger partial charge in [0.2, 0.25) is 10.0 Å². The summed E-state index contributed by atoms with van der Waals surface area (Å²) in [5.41, 5.74) is 0. The molecule has 0 aliphatic rings. The molecule has 0 aliphatic carbocycles. The van der Waals surface area contributed by atoms with Crippen LogP contribution >= 0.6 is 0 Å². The van der Waals surface area contributed by atoms with Gasteiger partial charge in [0.25, 0.3) is 0 Å². The molecule has 0 aromatic heterocycles. The summed E-state index contributed by atoms with van der Waals surface area (Å²) in [7, 11) is -3.46. The molecule has 0 amide bonds. The van der Waals surface area contributed by atoms with Crippen molar-refractivity contribution in [1.29, 1.82) is 5.26 Å². The van der Waals surface area contributed by atoms with E-state index in [1.165, 1.54) is 6.07 Å². The van der Waals surface area contributed by atoms with E-state index in [-0.39, 0.29) is 13.2 Å². The van der Waals surface area contributed by atoms with Gasteiger partial charge < -0.3 is 5.11 Å². The van der Waals surface area contributed by atoms with Gasteiger partial charge in [-0.3, -0.25) is 0 Å². The van der Waals surface area contributed by atoms with Crippen LogP contribution in [-0.4, -0.2) is 32.4 Å². The first-order valence-corrected chi connectivity index (χ1v) is 4.23. The number of rotatable bonds is 4. The summed E-state index contributed by atoms with van der Waals surface area (Å²) in [6.07, 6.45) is 0. The van der Waals surface area contributed by atoms with Crippen molar-refractivity contribution in [3.63, 3.8) is 0 Å². The monoisotopic (exact) mass is 164 g/mol. The van der Waals surface area contributed by atoms with Gasteiger partial charge in [-0.2, -0.15) is 5.26 Å². The minimum absolute atomic E-state index is 0.0377. The lowest BCUT2D eigenvalue weighted by Gasteiger charge is -1.98. The quantitative estimate of drug-likeness (QED) is 0.524. The zero-order chi connectivity index (χ0) is 8.04. The molecule has 0 saturated carbocycles.